The van der Waals surface area contributed by atoms with Crippen molar-refractivity contribution in [1.29, 1.82) is 0 Å². The molecule has 3 aromatic rings. The number of aryl methyl sites for hydroxylation is 2. The maximum Gasteiger partial charge on any atom is 0.258 e. The van der Waals surface area contributed by atoms with Crippen LogP contribution in [0.2, 0.25) is 0 Å². The predicted octanol–water partition coefficient (Wildman–Crippen LogP) is 3.14. The number of aromatic nitrogens is 3. The number of hydrogen-bond donors (Lipinski definition) is 1. The molecule has 0 saturated carbocycles. The first-order chi connectivity index (χ1) is 11.6. The lowest BCUT2D eigenvalue weighted by Gasteiger charge is -2.18. The Labute approximate surface area is 145 Å². The molecular formula is C17H21N5OS. The Morgan fingerprint density at radius 1 is 1.38 bits per heavy atom. The van der Waals surface area contributed by atoms with E-state index in [4.69, 9.17) is 4.98 Å². The van der Waals surface area contributed by atoms with Gasteiger partial charge in [-0.3, -0.25) is 4.79 Å². The Kier molecular flexibility index (Phi) is 4.53. The van der Waals surface area contributed by atoms with Crippen molar-refractivity contribution in [2.75, 3.05) is 19.4 Å². The number of fused-ring (bicyclic) bond motifs is 1. The minimum atomic E-state index is -0.0414. The minimum absolute atomic E-state index is 0.0414. The van der Waals surface area contributed by atoms with E-state index in [1.807, 2.05) is 25.1 Å². The number of para-hydroxylation sites is 2. The van der Waals surface area contributed by atoms with Gasteiger partial charge in [-0.2, -0.15) is 4.37 Å². The SMILES string of the molecule is CCn1c(CN(C)C(=O)c2c(C)nsc2NC)nc2ccccc21. The molecule has 7 heteroatoms. The summed E-state index contributed by atoms with van der Waals surface area (Å²) >= 11 is 1.31. The molecule has 0 aliphatic heterocycles. The van der Waals surface area contributed by atoms with Crippen molar-refractivity contribution < 1.29 is 4.79 Å². The van der Waals surface area contributed by atoms with E-state index in [2.05, 4.69) is 27.2 Å². The van der Waals surface area contributed by atoms with Crippen molar-refractivity contribution in [3.05, 3.63) is 41.3 Å². The standard InChI is InChI=1S/C17H21N5OS/c1-5-22-13-9-7-6-8-12(13)19-14(22)10-21(4)17(23)15-11(2)20-24-16(15)18-3/h6-9,18H,5,10H2,1-4H3. The first-order valence-corrected chi connectivity index (χ1v) is 8.67. The lowest BCUT2D eigenvalue weighted by Crippen LogP contribution is -2.28. The van der Waals surface area contributed by atoms with E-state index in [0.717, 1.165) is 34.1 Å². The summed E-state index contributed by atoms with van der Waals surface area (Å²) in [4.78, 5) is 19.2. The van der Waals surface area contributed by atoms with E-state index in [-0.39, 0.29) is 5.91 Å². The van der Waals surface area contributed by atoms with Gasteiger partial charge in [-0.05, 0) is 37.5 Å². The summed E-state index contributed by atoms with van der Waals surface area (Å²) in [6, 6.07) is 8.05. The highest BCUT2D eigenvalue weighted by Gasteiger charge is 2.22. The zero-order chi connectivity index (χ0) is 17.3. The second-order valence-electron chi connectivity index (χ2n) is 5.64. The van der Waals surface area contributed by atoms with Crippen LogP contribution in [0, 0.1) is 6.92 Å². The first kappa shape index (κ1) is 16.4. The second kappa shape index (κ2) is 6.60. The number of hydrogen-bond acceptors (Lipinski definition) is 5. The fourth-order valence-electron chi connectivity index (χ4n) is 2.87. The lowest BCUT2D eigenvalue weighted by atomic mass is 10.2. The topological polar surface area (TPSA) is 63.1 Å². The molecule has 1 N–H and O–H groups in total. The monoisotopic (exact) mass is 343 g/mol. The summed E-state index contributed by atoms with van der Waals surface area (Å²) in [5.74, 6) is 0.849. The van der Waals surface area contributed by atoms with Gasteiger partial charge in [-0.1, -0.05) is 12.1 Å². The molecule has 3 rings (SSSR count). The fourth-order valence-corrected chi connectivity index (χ4v) is 3.60. The first-order valence-electron chi connectivity index (χ1n) is 7.90. The molecule has 6 nitrogen and oxygen atoms in total. The smallest absolute Gasteiger partial charge is 0.258 e. The number of anilines is 1. The molecule has 0 saturated heterocycles. The van der Waals surface area contributed by atoms with E-state index in [0.29, 0.717) is 12.1 Å². The van der Waals surface area contributed by atoms with E-state index < -0.39 is 0 Å². The van der Waals surface area contributed by atoms with Crippen molar-refractivity contribution in [3.63, 3.8) is 0 Å². The van der Waals surface area contributed by atoms with Crippen molar-refractivity contribution in [2.24, 2.45) is 0 Å². The number of carbonyl (C=O) groups is 1. The molecule has 0 bridgehead atoms. The second-order valence-corrected chi connectivity index (χ2v) is 6.42. The normalized spacial score (nSPS) is 11.0. The van der Waals surface area contributed by atoms with Crippen molar-refractivity contribution in [1.82, 2.24) is 18.8 Å². The van der Waals surface area contributed by atoms with Crippen LogP contribution in [0.15, 0.2) is 24.3 Å². The number of nitrogens with zero attached hydrogens (tertiary/aromatic N) is 4. The highest BCUT2D eigenvalue weighted by molar-refractivity contribution is 7.10. The summed E-state index contributed by atoms with van der Waals surface area (Å²) in [6.45, 7) is 5.23. The third-order valence-corrected chi connectivity index (χ3v) is 5.03. The summed E-state index contributed by atoms with van der Waals surface area (Å²) in [6.07, 6.45) is 0. The highest BCUT2D eigenvalue weighted by atomic mass is 32.1. The molecule has 0 fully saturated rings. The molecule has 0 unspecified atom stereocenters. The number of amides is 1. The van der Waals surface area contributed by atoms with Gasteiger partial charge in [0.1, 0.15) is 10.8 Å². The van der Waals surface area contributed by atoms with Gasteiger partial charge in [0.2, 0.25) is 0 Å². The molecular weight excluding hydrogens is 322 g/mol. The van der Waals surface area contributed by atoms with Crippen LogP contribution in [-0.2, 0) is 13.1 Å². The Morgan fingerprint density at radius 3 is 2.83 bits per heavy atom. The molecule has 1 aromatic carbocycles. The van der Waals surface area contributed by atoms with Crippen LogP contribution in [-0.4, -0.2) is 38.8 Å². The Morgan fingerprint density at radius 2 is 2.12 bits per heavy atom. The summed E-state index contributed by atoms with van der Waals surface area (Å²) in [7, 11) is 3.61. The van der Waals surface area contributed by atoms with Gasteiger partial charge in [0.05, 0.1) is 28.8 Å². The molecule has 0 spiro atoms. The zero-order valence-electron chi connectivity index (χ0n) is 14.3. The Bertz CT molecular complexity index is 882. The quantitative estimate of drug-likeness (QED) is 0.773. The van der Waals surface area contributed by atoms with Crippen LogP contribution in [0.1, 0.15) is 28.8 Å². The number of carbonyl (C=O) groups excluding carboxylic acids is 1. The van der Waals surface area contributed by atoms with Gasteiger partial charge in [0.25, 0.3) is 5.91 Å². The minimum Gasteiger partial charge on any atom is -0.378 e. The molecule has 1 amide bonds. The van der Waals surface area contributed by atoms with Crippen LogP contribution < -0.4 is 5.32 Å². The Balaban J connectivity index is 1.91. The molecule has 24 heavy (non-hydrogen) atoms. The van der Waals surface area contributed by atoms with E-state index in [1.165, 1.54) is 11.5 Å². The molecule has 0 atom stereocenters. The van der Waals surface area contributed by atoms with Gasteiger partial charge >= 0.3 is 0 Å². The molecule has 0 aliphatic carbocycles. The average molecular weight is 343 g/mol. The van der Waals surface area contributed by atoms with Crippen molar-refractivity contribution in [2.45, 2.75) is 26.9 Å². The molecule has 0 aliphatic rings. The molecule has 2 heterocycles. The van der Waals surface area contributed by atoms with Gasteiger partial charge < -0.3 is 14.8 Å². The van der Waals surface area contributed by atoms with Crippen LogP contribution in [0.25, 0.3) is 11.0 Å². The van der Waals surface area contributed by atoms with Crippen LogP contribution in [0.3, 0.4) is 0 Å². The predicted molar refractivity (Wildman–Crippen MR) is 97.6 cm³/mol. The average Bonchev–Trinajstić information content (AvgIpc) is 3.13. The van der Waals surface area contributed by atoms with Crippen LogP contribution in [0.5, 0.6) is 0 Å². The van der Waals surface area contributed by atoms with Crippen molar-refractivity contribution in [3.8, 4) is 0 Å². The van der Waals surface area contributed by atoms with Gasteiger partial charge in [-0.15, -0.1) is 0 Å². The van der Waals surface area contributed by atoms with Crippen LogP contribution in [0.4, 0.5) is 5.00 Å². The van der Waals surface area contributed by atoms with E-state index in [9.17, 15) is 4.79 Å². The number of imidazole rings is 1. The third kappa shape index (κ3) is 2.75. The molecule has 126 valence electrons. The molecule has 2 aromatic heterocycles. The van der Waals surface area contributed by atoms with E-state index >= 15 is 0 Å². The lowest BCUT2D eigenvalue weighted by molar-refractivity contribution is 0.0780. The van der Waals surface area contributed by atoms with E-state index in [1.54, 1.807) is 19.0 Å². The summed E-state index contributed by atoms with van der Waals surface area (Å²) < 4.78 is 6.43. The maximum absolute atomic E-state index is 12.8. The number of nitrogens with one attached hydrogen (secondary N) is 1. The van der Waals surface area contributed by atoms with Gasteiger partial charge in [-0.25, -0.2) is 4.98 Å². The van der Waals surface area contributed by atoms with Crippen molar-refractivity contribution >= 4 is 33.5 Å². The van der Waals surface area contributed by atoms with Crippen LogP contribution >= 0.6 is 11.5 Å². The Hall–Kier alpha value is -2.41. The number of benzene rings is 1. The summed E-state index contributed by atoms with van der Waals surface area (Å²) in [5, 5.41) is 3.85. The number of rotatable bonds is 5. The van der Waals surface area contributed by atoms with Gasteiger partial charge in [0, 0.05) is 20.6 Å². The molecule has 0 radical (unpaired) electrons. The largest absolute Gasteiger partial charge is 0.378 e. The highest BCUT2D eigenvalue weighted by Crippen LogP contribution is 2.26. The maximum atomic E-state index is 12.8. The summed E-state index contributed by atoms with van der Waals surface area (Å²) in [5.41, 5.74) is 3.45. The fraction of sp³-hybridized carbons (Fsp3) is 0.353. The zero-order valence-corrected chi connectivity index (χ0v) is 15.1. The van der Waals surface area contributed by atoms with Gasteiger partial charge in [0.15, 0.2) is 0 Å². The third-order valence-electron chi connectivity index (χ3n) is 4.08.